The summed E-state index contributed by atoms with van der Waals surface area (Å²) >= 11 is 0. The number of likely N-dealkylation sites (N-methyl/N-ethyl adjacent to an activating group) is 1. The Labute approximate surface area is 359 Å². The van der Waals surface area contributed by atoms with E-state index in [-0.39, 0.29) is 31.7 Å². The molecule has 7 amide bonds. The van der Waals surface area contributed by atoms with Crippen molar-refractivity contribution < 1.29 is 43.1 Å². The zero-order chi connectivity index (χ0) is 45.5. The fourth-order valence-electron chi connectivity index (χ4n) is 6.37. The second kappa shape index (κ2) is 26.7. The lowest BCUT2D eigenvalue weighted by Crippen LogP contribution is -2.59. The number of primary amides is 1. The van der Waals surface area contributed by atoms with Crippen molar-refractivity contribution in [2.75, 3.05) is 13.6 Å². The largest absolute Gasteiger partial charge is 0.458 e. The molecule has 16 heteroatoms. The number of amides is 7. The van der Waals surface area contributed by atoms with Gasteiger partial charge in [0.1, 0.15) is 42.4 Å². The standard InChI is InChI=1S/C45H63N7O9/c1-8-9-10-11-12-13-14-15-16-17-18-19-20-21-22-25-38(54)51(7)39-33(6)61-45(60)34(26-27-37(46)53)49-40(55)31(4)47-42(57)36-24-23-28-52(36)44(59)35(29-30(2)3)50-41(56)32(5)48-43(39)58/h8-22,25,30-36,39H,23-24,26-29H2,1-7H3,(H2,46,53)(H,47,57)(H,48,58)(H,49,55)(H,50,56)/b9-8-,11-10+,13-12+,15-14+,17-16+,19-18+,21-20+,25-22+. The van der Waals surface area contributed by atoms with Gasteiger partial charge < -0.3 is 41.5 Å². The number of nitrogens with two attached hydrogens (primary N) is 1. The van der Waals surface area contributed by atoms with Crippen LogP contribution in [0.5, 0.6) is 0 Å². The van der Waals surface area contributed by atoms with E-state index in [9.17, 15) is 38.4 Å². The maximum atomic E-state index is 14.0. The van der Waals surface area contributed by atoms with E-state index in [4.69, 9.17) is 10.5 Å². The molecule has 0 spiro atoms. The van der Waals surface area contributed by atoms with Crippen LogP contribution < -0.4 is 27.0 Å². The average Bonchev–Trinajstić information content (AvgIpc) is 3.70. The summed E-state index contributed by atoms with van der Waals surface area (Å²) in [5, 5.41) is 10.4. The Morgan fingerprint density at radius 2 is 1.23 bits per heavy atom. The number of carbonyl (C=O) groups is 8. The molecule has 0 aromatic heterocycles. The van der Waals surface area contributed by atoms with Crippen LogP contribution in [0, 0.1) is 5.92 Å². The van der Waals surface area contributed by atoms with Gasteiger partial charge in [-0.15, -0.1) is 0 Å². The number of hydrogen-bond donors (Lipinski definition) is 5. The molecule has 2 fully saturated rings. The summed E-state index contributed by atoms with van der Waals surface area (Å²) < 4.78 is 5.68. The first kappa shape index (κ1) is 50.8. The van der Waals surface area contributed by atoms with Crippen LogP contribution in [0.2, 0.25) is 0 Å². The van der Waals surface area contributed by atoms with Gasteiger partial charge in [0, 0.05) is 26.1 Å². The van der Waals surface area contributed by atoms with Crippen molar-refractivity contribution in [3.63, 3.8) is 0 Å². The van der Waals surface area contributed by atoms with Crippen molar-refractivity contribution in [1.82, 2.24) is 31.1 Å². The number of cyclic esters (lactones) is 1. The molecule has 61 heavy (non-hydrogen) atoms. The van der Waals surface area contributed by atoms with E-state index < -0.39 is 89.7 Å². The van der Waals surface area contributed by atoms with Gasteiger partial charge in [0.2, 0.25) is 41.4 Å². The molecular weight excluding hydrogens is 783 g/mol. The number of nitrogens with zero attached hydrogens (tertiary/aromatic N) is 2. The van der Waals surface area contributed by atoms with Gasteiger partial charge in [-0.25, -0.2) is 4.79 Å². The summed E-state index contributed by atoms with van der Waals surface area (Å²) in [5.41, 5.74) is 5.35. The minimum Gasteiger partial charge on any atom is -0.458 e. The Morgan fingerprint density at radius 1 is 0.738 bits per heavy atom. The molecule has 7 atom stereocenters. The quantitative estimate of drug-likeness (QED) is 0.0983. The number of ether oxygens (including phenoxy) is 1. The first-order chi connectivity index (χ1) is 29.0. The van der Waals surface area contributed by atoms with Crippen LogP contribution in [0.1, 0.15) is 73.6 Å². The second-order valence-corrected chi connectivity index (χ2v) is 15.1. The lowest BCUT2D eigenvalue weighted by atomic mass is 10.0. The van der Waals surface area contributed by atoms with Crippen LogP contribution in [0.3, 0.4) is 0 Å². The molecule has 2 rings (SSSR count). The predicted molar refractivity (Wildman–Crippen MR) is 233 cm³/mol. The number of rotatable bonds is 14. The maximum absolute atomic E-state index is 14.0. The summed E-state index contributed by atoms with van der Waals surface area (Å²) in [6, 6.07) is -7.36. The first-order valence-corrected chi connectivity index (χ1v) is 20.5. The molecule has 2 heterocycles. The smallest absolute Gasteiger partial charge is 0.329 e. The fourth-order valence-corrected chi connectivity index (χ4v) is 6.37. The third-order valence-corrected chi connectivity index (χ3v) is 9.60. The highest BCUT2D eigenvalue weighted by Crippen LogP contribution is 2.21. The van der Waals surface area contributed by atoms with Crippen molar-refractivity contribution in [3.05, 3.63) is 97.2 Å². The Kier molecular flexibility index (Phi) is 22.3. The molecule has 2 saturated heterocycles. The molecule has 0 aromatic rings. The topological polar surface area (TPSA) is 226 Å². The molecule has 0 aliphatic carbocycles. The molecule has 6 N–H and O–H groups in total. The predicted octanol–water partition coefficient (Wildman–Crippen LogP) is 2.51. The molecule has 332 valence electrons. The zero-order valence-electron chi connectivity index (χ0n) is 36.2. The van der Waals surface area contributed by atoms with Crippen molar-refractivity contribution in [1.29, 1.82) is 0 Å². The minimum absolute atomic E-state index is 0.0475. The highest BCUT2D eigenvalue weighted by molar-refractivity contribution is 5.98. The SMILES string of the molecule is C\C=C/C=C/C=C/C=C/C=C/C=C/C=C/C=C/C(=O)N(C)C1C(=O)NC(C)C(=O)NC(CC(C)C)C(=O)N2CCCC2C(=O)NC(C)C(=O)NC(CCC(N)=O)C(=O)OC1C. The number of nitrogens with one attached hydrogen (secondary N) is 4. The van der Waals surface area contributed by atoms with Crippen LogP contribution in [-0.4, -0.2) is 113 Å². The van der Waals surface area contributed by atoms with E-state index in [1.165, 1.54) is 44.9 Å². The average molecular weight is 846 g/mol. The van der Waals surface area contributed by atoms with Crippen LogP contribution >= 0.6 is 0 Å². The van der Waals surface area contributed by atoms with Gasteiger partial charge >= 0.3 is 5.97 Å². The van der Waals surface area contributed by atoms with Gasteiger partial charge in [0.15, 0.2) is 0 Å². The fraction of sp³-hybridized carbons (Fsp3) is 0.467. The van der Waals surface area contributed by atoms with Gasteiger partial charge in [0.05, 0.1) is 0 Å². The van der Waals surface area contributed by atoms with Crippen LogP contribution in [0.15, 0.2) is 97.2 Å². The molecule has 16 nitrogen and oxygen atoms in total. The van der Waals surface area contributed by atoms with Gasteiger partial charge in [-0.1, -0.05) is 105 Å². The molecule has 7 unspecified atom stereocenters. The highest BCUT2D eigenvalue weighted by atomic mass is 16.5. The summed E-state index contributed by atoms with van der Waals surface area (Å²) in [5.74, 6) is -5.96. The third kappa shape index (κ3) is 17.8. The molecule has 0 aromatic carbocycles. The Bertz CT molecular complexity index is 1810. The van der Waals surface area contributed by atoms with Gasteiger partial charge in [0.25, 0.3) is 0 Å². The van der Waals surface area contributed by atoms with Gasteiger partial charge in [-0.3, -0.25) is 33.6 Å². The summed E-state index contributed by atoms with van der Waals surface area (Å²) in [4.78, 5) is 110. The maximum Gasteiger partial charge on any atom is 0.329 e. The number of allylic oxidation sites excluding steroid dienone is 15. The van der Waals surface area contributed by atoms with Crippen molar-refractivity contribution in [3.8, 4) is 0 Å². The Balaban J connectivity index is 2.41. The summed E-state index contributed by atoms with van der Waals surface area (Å²) in [7, 11) is 1.32. The van der Waals surface area contributed by atoms with E-state index in [2.05, 4.69) is 21.3 Å². The van der Waals surface area contributed by atoms with Gasteiger partial charge in [-0.05, 0) is 59.3 Å². The molecular formula is C45H63N7O9. The lowest BCUT2D eigenvalue weighted by molar-refractivity contribution is -0.159. The lowest BCUT2D eigenvalue weighted by Gasteiger charge is -2.33. The number of fused-ring (bicyclic) bond motifs is 1. The van der Waals surface area contributed by atoms with Crippen molar-refractivity contribution in [2.24, 2.45) is 11.7 Å². The van der Waals surface area contributed by atoms with E-state index in [1.54, 1.807) is 24.3 Å². The van der Waals surface area contributed by atoms with Crippen LogP contribution in [-0.2, 0) is 43.1 Å². The van der Waals surface area contributed by atoms with E-state index in [1.807, 2.05) is 81.5 Å². The minimum atomic E-state index is -1.51. The Morgan fingerprint density at radius 3 is 1.74 bits per heavy atom. The summed E-state index contributed by atoms with van der Waals surface area (Å²) in [6.45, 7) is 10.1. The molecule has 2 aliphatic rings. The van der Waals surface area contributed by atoms with Crippen molar-refractivity contribution >= 4 is 47.3 Å². The van der Waals surface area contributed by atoms with Crippen LogP contribution in [0.25, 0.3) is 0 Å². The molecule has 0 saturated carbocycles. The Hall–Kier alpha value is -6.32. The van der Waals surface area contributed by atoms with Gasteiger partial charge in [-0.2, -0.15) is 0 Å². The van der Waals surface area contributed by atoms with E-state index >= 15 is 0 Å². The van der Waals surface area contributed by atoms with Crippen molar-refractivity contribution in [2.45, 2.75) is 116 Å². The molecule has 0 bridgehead atoms. The second-order valence-electron chi connectivity index (χ2n) is 15.1. The normalized spacial score (nSPS) is 25.8. The molecule has 2 aliphatic heterocycles. The summed E-state index contributed by atoms with van der Waals surface area (Å²) in [6.07, 6.45) is 27.5. The van der Waals surface area contributed by atoms with E-state index in [0.717, 1.165) is 4.90 Å². The van der Waals surface area contributed by atoms with E-state index in [0.29, 0.717) is 12.8 Å². The monoisotopic (exact) mass is 845 g/mol. The third-order valence-electron chi connectivity index (χ3n) is 9.60. The number of esters is 1. The van der Waals surface area contributed by atoms with Crippen LogP contribution in [0.4, 0.5) is 0 Å². The first-order valence-electron chi connectivity index (χ1n) is 20.5. The zero-order valence-corrected chi connectivity index (χ0v) is 36.2. The number of hydrogen-bond acceptors (Lipinski definition) is 9. The highest BCUT2D eigenvalue weighted by Gasteiger charge is 2.41. The number of carbonyl (C=O) groups excluding carboxylic acids is 8. The molecule has 0 radical (unpaired) electrons.